The lowest BCUT2D eigenvalue weighted by Crippen LogP contribution is -2.29. The van der Waals surface area contributed by atoms with Crippen LogP contribution in [0.5, 0.6) is 5.75 Å². The Morgan fingerprint density at radius 1 is 1.25 bits per heavy atom. The molecule has 1 atom stereocenters. The lowest BCUT2D eigenvalue weighted by atomic mass is 10.1. The van der Waals surface area contributed by atoms with E-state index in [0.29, 0.717) is 43.0 Å². The van der Waals surface area contributed by atoms with Crippen LogP contribution >= 0.6 is 0 Å². The average Bonchev–Trinajstić information content (AvgIpc) is 3.06. The van der Waals surface area contributed by atoms with Gasteiger partial charge in [-0.2, -0.15) is 5.26 Å². The number of aliphatic hydroxyl groups is 1. The zero-order valence-electron chi connectivity index (χ0n) is 13.2. The molecule has 0 spiro atoms. The minimum Gasteiger partial charge on any atom is -0.489 e. The highest BCUT2D eigenvalue weighted by molar-refractivity contribution is 5.94. The Bertz CT molecular complexity index is 765. The van der Waals surface area contributed by atoms with Crippen LogP contribution in [0.4, 0.5) is 0 Å². The molecule has 2 aromatic rings. The predicted molar refractivity (Wildman–Crippen MR) is 88.5 cm³/mol. The van der Waals surface area contributed by atoms with Gasteiger partial charge in [-0.1, -0.05) is 18.2 Å². The summed E-state index contributed by atoms with van der Waals surface area (Å²) in [5, 5.41) is 18.6. The van der Waals surface area contributed by atoms with Crippen LogP contribution in [0.15, 0.2) is 48.5 Å². The summed E-state index contributed by atoms with van der Waals surface area (Å²) in [4.78, 5) is 14.0. The molecule has 1 aliphatic rings. The maximum atomic E-state index is 12.3. The van der Waals surface area contributed by atoms with Gasteiger partial charge in [0.1, 0.15) is 12.4 Å². The average molecular weight is 322 g/mol. The van der Waals surface area contributed by atoms with Crippen LogP contribution in [0.3, 0.4) is 0 Å². The molecule has 1 saturated heterocycles. The van der Waals surface area contributed by atoms with Gasteiger partial charge in [-0.15, -0.1) is 0 Å². The molecule has 0 bridgehead atoms. The number of amides is 1. The topological polar surface area (TPSA) is 73.6 Å². The molecule has 0 aliphatic carbocycles. The van der Waals surface area contributed by atoms with Crippen LogP contribution in [0.2, 0.25) is 0 Å². The lowest BCUT2D eigenvalue weighted by Gasteiger charge is -2.15. The third kappa shape index (κ3) is 3.55. The quantitative estimate of drug-likeness (QED) is 0.937. The Labute approximate surface area is 140 Å². The van der Waals surface area contributed by atoms with Crippen LogP contribution in [-0.4, -0.2) is 35.1 Å². The first-order chi connectivity index (χ1) is 11.7. The third-order valence-corrected chi connectivity index (χ3v) is 4.08. The molecule has 1 fully saturated rings. The number of hydrogen-bond acceptors (Lipinski definition) is 4. The first kappa shape index (κ1) is 16.0. The van der Waals surface area contributed by atoms with E-state index in [1.54, 1.807) is 35.2 Å². The fourth-order valence-corrected chi connectivity index (χ4v) is 2.72. The van der Waals surface area contributed by atoms with Crippen molar-refractivity contribution in [1.82, 2.24) is 4.90 Å². The van der Waals surface area contributed by atoms with Gasteiger partial charge in [0, 0.05) is 24.2 Å². The van der Waals surface area contributed by atoms with Crippen molar-refractivity contribution in [3.05, 3.63) is 65.2 Å². The molecule has 1 amide bonds. The maximum absolute atomic E-state index is 12.3. The number of nitriles is 1. The van der Waals surface area contributed by atoms with Gasteiger partial charge in [0.05, 0.1) is 17.7 Å². The second-order valence-electron chi connectivity index (χ2n) is 5.78. The second-order valence-corrected chi connectivity index (χ2v) is 5.78. The van der Waals surface area contributed by atoms with Gasteiger partial charge in [0.25, 0.3) is 5.91 Å². The molecule has 24 heavy (non-hydrogen) atoms. The normalized spacial score (nSPS) is 16.7. The lowest BCUT2D eigenvalue weighted by molar-refractivity contribution is 0.0765. The Hall–Kier alpha value is -2.84. The highest BCUT2D eigenvalue weighted by Crippen LogP contribution is 2.18. The van der Waals surface area contributed by atoms with Crippen molar-refractivity contribution in [3.63, 3.8) is 0 Å². The number of nitrogens with zero attached hydrogens (tertiary/aromatic N) is 2. The maximum Gasteiger partial charge on any atom is 0.253 e. The van der Waals surface area contributed by atoms with E-state index in [0.717, 1.165) is 5.56 Å². The van der Waals surface area contributed by atoms with E-state index < -0.39 is 6.10 Å². The molecule has 0 saturated carbocycles. The zero-order valence-corrected chi connectivity index (χ0v) is 13.2. The summed E-state index contributed by atoms with van der Waals surface area (Å²) in [6.45, 7) is 1.28. The number of ether oxygens (including phenoxy) is 1. The smallest absolute Gasteiger partial charge is 0.253 e. The number of carbonyl (C=O) groups excluding carboxylic acids is 1. The SMILES string of the molecule is N#Cc1ccccc1COc1ccc(C(=O)N2CC[C@@H](O)C2)cc1. The summed E-state index contributed by atoms with van der Waals surface area (Å²) in [6.07, 6.45) is 0.211. The molecule has 3 rings (SSSR count). The summed E-state index contributed by atoms with van der Waals surface area (Å²) in [7, 11) is 0. The van der Waals surface area contributed by atoms with E-state index in [9.17, 15) is 9.90 Å². The van der Waals surface area contributed by atoms with Crippen molar-refractivity contribution in [2.75, 3.05) is 13.1 Å². The first-order valence-corrected chi connectivity index (χ1v) is 7.85. The van der Waals surface area contributed by atoms with Gasteiger partial charge >= 0.3 is 0 Å². The van der Waals surface area contributed by atoms with Gasteiger partial charge in [0.15, 0.2) is 0 Å². The Balaban J connectivity index is 1.62. The summed E-state index contributed by atoms with van der Waals surface area (Å²) in [5.74, 6) is 0.564. The number of β-amino-alcohol motifs (C(OH)–C–C–N with tert-alkyl or cyclic N) is 1. The molecule has 0 unspecified atom stereocenters. The molecular weight excluding hydrogens is 304 g/mol. The van der Waals surface area contributed by atoms with Crippen molar-refractivity contribution in [2.24, 2.45) is 0 Å². The van der Waals surface area contributed by atoms with Gasteiger partial charge in [-0.05, 0) is 36.8 Å². The van der Waals surface area contributed by atoms with Crippen molar-refractivity contribution < 1.29 is 14.6 Å². The third-order valence-electron chi connectivity index (χ3n) is 4.08. The minimum atomic E-state index is -0.420. The number of carbonyl (C=O) groups is 1. The number of benzene rings is 2. The molecule has 0 radical (unpaired) electrons. The minimum absolute atomic E-state index is 0.0760. The van der Waals surface area contributed by atoms with E-state index in [2.05, 4.69) is 6.07 Å². The summed E-state index contributed by atoms with van der Waals surface area (Å²) in [5.41, 5.74) is 2.00. The van der Waals surface area contributed by atoms with Crippen LogP contribution < -0.4 is 4.74 Å². The summed E-state index contributed by atoms with van der Waals surface area (Å²) in [6, 6.07) is 16.4. The molecule has 5 nitrogen and oxygen atoms in total. The van der Waals surface area contributed by atoms with E-state index >= 15 is 0 Å². The standard InChI is InChI=1S/C19H18N2O3/c20-11-15-3-1-2-4-16(15)13-24-18-7-5-14(6-8-18)19(23)21-10-9-17(22)12-21/h1-8,17,22H,9-10,12-13H2/t17-/m1/s1. The van der Waals surface area contributed by atoms with E-state index in [-0.39, 0.29) is 5.91 Å². The highest BCUT2D eigenvalue weighted by Gasteiger charge is 2.25. The van der Waals surface area contributed by atoms with Gasteiger partial charge in [-0.3, -0.25) is 4.79 Å². The summed E-state index contributed by atoms with van der Waals surface area (Å²) >= 11 is 0. The van der Waals surface area contributed by atoms with Gasteiger partial charge in [-0.25, -0.2) is 0 Å². The molecular formula is C19H18N2O3. The van der Waals surface area contributed by atoms with Gasteiger partial charge in [0.2, 0.25) is 0 Å². The van der Waals surface area contributed by atoms with Gasteiger partial charge < -0.3 is 14.7 Å². The van der Waals surface area contributed by atoms with E-state index in [1.807, 2.05) is 18.2 Å². The van der Waals surface area contributed by atoms with Crippen LogP contribution in [0, 0.1) is 11.3 Å². The fraction of sp³-hybridized carbons (Fsp3) is 0.263. The number of hydrogen-bond donors (Lipinski definition) is 1. The first-order valence-electron chi connectivity index (χ1n) is 7.85. The molecule has 2 aromatic carbocycles. The monoisotopic (exact) mass is 322 g/mol. The molecule has 1 heterocycles. The van der Waals surface area contributed by atoms with Crippen molar-refractivity contribution in [2.45, 2.75) is 19.1 Å². The molecule has 1 N–H and O–H groups in total. The summed E-state index contributed by atoms with van der Waals surface area (Å²) < 4.78 is 5.70. The molecule has 5 heteroatoms. The number of aliphatic hydroxyl groups excluding tert-OH is 1. The van der Waals surface area contributed by atoms with Crippen LogP contribution in [0.25, 0.3) is 0 Å². The number of rotatable bonds is 4. The van der Waals surface area contributed by atoms with Crippen molar-refractivity contribution in [3.8, 4) is 11.8 Å². The second kappa shape index (κ2) is 7.16. The Morgan fingerprint density at radius 3 is 2.67 bits per heavy atom. The number of likely N-dealkylation sites (tertiary alicyclic amines) is 1. The molecule has 0 aromatic heterocycles. The largest absolute Gasteiger partial charge is 0.489 e. The van der Waals surface area contributed by atoms with Crippen LogP contribution in [0.1, 0.15) is 27.9 Å². The Morgan fingerprint density at radius 2 is 2.00 bits per heavy atom. The molecule has 1 aliphatic heterocycles. The molecule has 122 valence electrons. The van der Waals surface area contributed by atoms with E-state index in [1.165, 1.54) is 0 Å². The predicted octanol–water partition coefficient (Wildman–Crippen LogP) is 2.34. The van der Waals surface area contributed by atoms with Crippen LogP contribution in [-0.2, 0) is 6.61 Å². The fourth-order valence-electron chi connectivity index (χ4n) is 2.72. The zero-order chi connectivity index (χ0) is 16.9. The van der Waals surface area contributed by atoms with Crippen molar-refractivity contribution in [1.29, 1.82) is 5.26 Å². The van der Waals surface area contributed by atoms with E-state index in [4.69, 9.17) is 10.00 Å². The highest BCUT2D eigenvalue weighted by atomic mass is 16.5. The Kier molecular flexibility index (Phi) is 4.78. The van der Waals surface area contributed by atoms with Crippen molar-refractivity contribution >= 4 is 5.91 Å².